The summed E-state index contributed by atoms with van der Waals surface area (Å²) in [7, 11) is -0.326. The van der Waals surface area contributed by atoms with Crippen LogP contribution < -0.4 is 15.9 Å². The van der Waals surface area contributed by atoms with Crippen molar-refractivity contribution in [2.45, 2.75) is 32.5 Å². The van der Waals surface area contributed by atoms with Gasteiger partial charge in [0.25, 0.3) is 0 Å². The van der Waals surface area contributed by atoms with Gasteiger partial charge in [-0.2, -0.15) is 0 Å². The Morgan fingerprint density at radius 1 is 1.39 bits per heavy atom. The maximum absolute atomic E-state index is 5.93. The third-order valence-corrected chi connectivity index (χ3v) is 3.61. The Morgan fingerprint density at radius 2 is 2.22 bits per heavy atom. The Morgan fingerprint density at radius 3 is 2.94 bits per heavy atom. The molecule has 3 rings (SSSR count). The molecule has 0 amide bonds. The average Bonchev–Trinajstić information content (AvgIpc) is 2.66. The topological polar surface area (TPSA) is 53.7 Å². The average molecular weight is 247 g/mol. The molecule has 2 aliphatic heterocycles. The van der Waals surface area contributed by atoms with E-state index < -0.39 is 0 Å². The number of benzene rings is 1. The summed E-state index contributed by atoms with van der Waals surface area (Å²) in [4.78, 5) is 0. The molecular formula is C13H18BNO3. The fraction of sp³-hybridized carbons (Fsp3) is 0.538. The minimum Gasteiger partial charge on any atom is -0.491 e. The van der Waals surface area contributed by atoms with E-state index in [1.54, 1.807) is 0 Å². The van der Waals surface area contributed by atoms with E-state index in [-0.39, 0.29) is 19.3 Å². The van der Waals surface area contributed by atoms with Gasteiger partial charge in [0.15, 0.2) is 0 Å². The summed E-state index contributed by atoms with van der Waals surface area (Å²) in [5.41, 5.74) is 9.31. The first kappa shape index (κ1) is 12.0. The third kappa shape index (κ3) is 1.74. The molecular weight excluding hydrogens is 229 g/mol. The van der Waals surface area contributed by atoms with Crippen LogP contribution in [-0.2, 0) is 15.7 Å². The lowest BCUT2D eigenvalue weighted by atomic mass is 9.76. The van der Waals surface area contributed by atoms with Crippen LogP contribution in [0.15, 0.2) is 12.1 Å². The molecule has 96 valence electrons. The second-order valence-electron chi connectivity index (χ2n) is 4.85. The van der Waals surface area contributed by atoms with E-state index in [1.165, 1.54) is 11.1 Å². The number of aryl methyl sites for hydroxylation is 1. The molecule has 0 saturated heterocycles. The van der Waals surface area contributed by atoms with E-state index >= 15 is 0 Å². The summed E-state index contributed by atoms with van der Waals surface area (Å²) < 4.78 is 17.6. The van der Waals surface area contributed by atoms with E-state index in [1.807, 2.05) is 13.0 Å². The van der Waals surface area contributed by atoms with E-state index in [9.17, 15) is 0 Å². The largest absolute Gasteiger partial charge is 0.498 e. The molecule has 0 fully saturated rings. The van der Waals surface area contributed by atoms with Crippen LogP contribution in [0.5, 0.6) is 5.75 Å². The van der Waals surface area contributed by atoms with Gasteiger partial charge in [-0.25, -0.2) is 0 Å². The van der Waals surface area contributed by atoms with Crippen LogP contribution in [-0.4, -0.2) is 26.4 Å². The summed E-state index contributed by atoms with van der Waals surface area (Å²) in [6.45, 7) is 5.16. The van der Waals surface area contributed by atoms with Crippen molar-refractivity contribution in [3.63, 3.8) is 0 Å². The predicted molar refractivity (Wildman–Crippen MR) is 70.1 cm³/mol. The maximum atomic E-state index is 5.93. The Bertz CT molecular complexity index is 466. The van der Waals surface area contributed by atoms with Crippen LogP contribution >= 0.6 is 0 Å². The Labute approximate surface area is 108 Å². The number of hydrogen-bond acceptors (Lipinski definition) is 4. The summed E-state index contributed by atoms with van der Waals surface area (Å²) in [5.74, 6) is 0.882. The second-order valence-corrected chi connectivity index (χ2v) is 4.85. The molecule has 1 aromatic carbocycles. The van der Waals surface area contributed by atoms with Gasteiger partial charge >= 0.3 is 7.12 Å². The van der Waals surface area contributed by atoms with Crippen molar-refractivity contribution < 1.29 is 14.0 Å². The van der Waals surface area contributed by atoms with Gasteiger partial charge in [-0.3, -0.25) is 0 Å². The highest BCUT2D eigenvalue weighted by molar-refractivity contribution is 6.64. The standard InChI is InChI=1S/C13H18BNO3/c1-3-9-4-5-10-13-12(9)11(6-15)18-14(13)17-8(2)7-16-10/h4-5,8,11H,3,6-7,15H2,1-2H3/t8?,11-/m1/s1. The molecule has 2 aliphatic rings. The van der Waals surface area contributed by atoms with E-state index in [2.05, 4.69) is 13.0 Å². The first-order valence-corrected chi connectivity index (χ1v) is 6.54. The Balaban J connectivity index is 2.14. The SMILES string of the molecule is CCc1ccc2c3c1[C@@H](CN)OB3OC(C)CO2. The Hall–Kier alpha value is -1.04. The zero-order chi connectivity index (χ0) is 12.7. The van der Waals surface area contributed by atoms with Crippen molar-refractivity contribution in [2.24, 2.45) is 5.73 Å². The fourth-order valence-corrected chi connectivity index (χ4v) is 2.74. The molecule has 18 heavy (non-hydrogen) atoms. The molecule has 0 radical (unpaired) electrons. The summed E-state index contributed by atoms with van der Waals surface area (Å²) >= 11 is 0. The van der Waals surface area contributed by atoms with Crippen LogP contribution in [0.1, 0.15) is 31.1 Å². The number of rotatable bonds is 2. The highest BCUT2D eigenvalue weighted by Crippen LogP contribution is 2.33. The number of ether oxygens (including phenoxy) is 1. The smallest absolute Gasteiger partial charge is 0.491 e. The lowest BCUT2D eigenvalue weighted by Crippen LogP contribution is -2.34. The van der Waals surface area contributed by atoms with E-state index in [0.29, 0.717) is 13.2 Å². The lowest BCUT2D eigenvalue weighted by Gasteiger charge is -2.17. The fourth-order valence-electron chi connectivity index (χ4n) is 2.74. The molecule has 0 aromatic heterocycles. The number of hydrogen-bond donors (Lipinski definition) is 1. The van der Waals surface area contributed by atoms with Gasteiger partial charge in [-0.15, -0.1) is 0 Å². The van der Waals surface area contributed by atoms with Crippen molar-refractivity contribution in [1.29, 1.82) is 0 Å². The molecule has 2 atom stereocenters. The molecule has 2 heterocycles. The minimum absolute atomic E-state index is 0.0249. The van der Waals surface area contributed by atoms with Crippen molar-refractivity contribution in [3.05, 3.63) is 23.3 Å². The van der Waals surface area contributed by atoms with Gasteiger partial charge < -0.3 is 19.8 Å². The normalized spacial score (nSPS) is 25.6. The van der Waals surface area contributed by atoms with Crippen molar-refractivity contribution in [3.8, 4) is 5.75 Å². The van der Waals surface area contributed by atoms with Gasteiger partial charge in [0.05, 0.1) is 12.2 Å². The highest BCUT2D eigenvalue weighted by atomic mass is 16.6. The van der Waals surface area contributed by atoms with Crippen molar-refractivity contribution in [2.75, 3.05) is 13.2 Å². The van der Waals surface area contributed by atoms with Gasteiger partial charge in [0.2, 0.25) is 0 Å². The molecule has 0 saturated carbocycles. The molecule has 5 heteroatoms. The van der Waals surface area contributed by atoms with Gasteiger partial charge in [0.1, 0.15) is 12.4 Å². The van der Waals surface area contributed by atoms with E-state index in [4.69, 9.17) is 19.8 Å². The van der Waals surface area contributed by atoms with Crippen molar-refractivity contribution in [1.82, 2.24) is 0 Å². The molecule has 1 unspecified atom stereocenters. The van der Waals surface area contributed by atoms with Gasteiger partial charge in [-0.1, -0.05) is 13.0 Å². The molecule has 2 N–H and O–H groups in total. The zero-order valence-corrected chi connectivity index (χ0v) is 10.8. The van der Waals surface area contributed by atoms with Crippen molar-refractivity contribution >= 4 is 12.6 Å². The predicted octanol–water partition coefficient (Wildman–Crippen LogP) is 0.772. The van der Waals surface area contributed by atoms with E-state index in [0.717, 1.165) is 17.6 Å². The first-order valence-electron chi connectivity index (χ1n) is 6.54. The van der Waals surface area contributed by atoms with Crippen LogP contribution in [0.4, 0.5) is 0 Å². The molecule has 1 aromatic rings. The minimum atomic E-state index is -0.326. The van der Waals surface area contributed by atoms with Gasteiger partial charge in [-0.05, 0) is 30.5 Å². The maximum Gasteiger partial charge on any atom is 0.498 e. The molecule has 0 bridgehead atoms. The highest BCUT2D eigenvalue weighted by Gasteiger charge is 2.43. The monoisotopic (exact) mass is 247 g/mol. The third-order valence-electron chi connectivity index (χ3n) is 3.61. The quantitative estimate of drug-likeness (QED) is 0.784. The molecule has 0 aliphatic carbocycles. The molecule has 0 spiro atoms. The number of nitrogens with two attached hydrogens (primary N) is 1. The first-order chi connectivity index (χ1) is 8.74. The summed E-state index contributed by atoms with van der Waals surface area (Å²) in [5, 5.41) is 0. The zero-order valence-electron chi connectivity index (χ0n) is 10.8. The van der Waals surface area contributed by atoms with Crippen LogP contribution in [0, 0.1) is 0 Å². The summed E-state index contributed by atoms with van der Waals surface area (Å²) in [6.07, 6.45) is 0.913. The Kier molecular flexibility index (Phi) is 3.05. The van der Waals surface area contributed by atoms with Crippen LogP contribution in [0.3, 0.4) is 0 Å². The summed E-state index contributed by atoms with van der Waals surface area (Å²) in [6, 6.07) is 4.13. The second kappa shape index (κ2) is 4.57. The lowest BCUT2D eigenvalue weighted by molar-refractivity contribution is 0.101. The van der Waals surface area contributed by atoms with Gasteiger partial charge in [0, 0.05) is 12.0 Å². The van der Waals surface area contributed by atoms with Crippen LogP contribution in [0.2, 0.25) is 0 Å². The molecule has 4 nitrogen and oxygen atoms in total. The van der Waals surface area contributed by atoms with Crippen LogP contribution in [0.25, 0.3) is 0 Å².